The lowest BCUT2D eigenvalue weighted by Crippen LogP contribution is -2.29. The Hall–Kier alpha value is -1.33. The van der Waals surface area contributed by atoms with Crippen LogP contribution in [0.15, 0.2) is 12.1 Å². The fourth-order valence-corrected chi connectivity index (χ4v) is 2.45. The van der Waals surface area contributed by atoms with Crippen LogP contribution in [0.3, 0.4) is 0 Å². The number of rotatable bonds is 5. The molecule has 1 unspecified atom stereocenters. The number of pyridine rings is 1. The topological polar surface area (TPSA) is 63.2 Å². The van der Waals surface area contributed by atoms with Crippen LogP contribution in [0.5, 0.6) is 0 Å². The van der Waals surface area contributed by atoms with Crippen LogP contribution in [-0.4, -0.2) is 37.2 Å². The van der Waals surface area contributed by atoms with Crippen molar-refractivity contribution in [3.05, 3.63) is 22.8 Å². The van der Waals surface area contributed by atoms with Crippen molar-refractivity contribution in [1.82, 2.24) is 10.3 Å². The standard InChI is InChI=1S/C14H20ClN3O2/c1-16-13-9-10(8-12(15)18-13)14(19)17-6-5-11-4-2-3-7-20-11/h8-9,11H,2-7H2,1H3,(H,16,18)(H,17,19). The van der Waals surface area contributed by atoms with Crippen molar-refractivity contribution in [2.75, 3.05) is 25.5 Å². The molecule has 0 aliphatic carbocycles. The molecule has 1 amide bonds. The quantitative estimate of drug-likeness (QED) is 0.820. The highest BCUT2D eigenvalue weighted by molar-refractivity contribution is 6.29. The summed E-state index contributed by atoms with van der Waals surface area (Å²) >= 11 is 5.88. The summed E-state index contributed by atoms with van der Waals surface area (Å²) in [5.41, 5.74) is 0.513. The van der Waals surface area contributed by atoms with Gasteiger partial charge in [0, 0.05) is 25.8 Å². The van der Waals surface area contributed by atoms with Crippen molar-refractivity contribution in [1.29, 1.82) is 0 Å². The van der Waals surface area contributed by atoms with E-state index in [1.165, 1.54) is 6.42 Å². The third-order valence-electron chi connectivity index (χ3n) is 3.34. The minimum absolute atomic E-state index is 0.137. The highest BCUT2D eigenvalue weighted by Crippen LogP contribution is 2.16. The Kier molecular flexibility index (Phi) is 5.61. The predicted octanol–water partition coefficient (Wildman–Crippen LogP) is 2.47. The van der Waals surface area contributed by atoms with E-state index < -0.39 is 0 Å². The zero-order valence-corrected chi connectivity index (χ0v) is 12.4. The summed E-state index contributed by atoms with van der Waals surface area (Å²) < 4.78 is 5.63. The number of hydrogen-bond acceptors (Lipinski definition) is 4. The number of carbonyl (C=O) groups excluding carboxylic acids is 1. The minimum Gasteiger partial charge on any atom is -0.378 e. The van der Waals surface area contributed by atoms with Crippen LogP contribution in [0.25, 0.3) is 0 Å². The molecular formula is C14H20ClN3O2. The summed E-state index contributed by atoms with van der Waals surface area (Å²) in [6.07, 6.45) is 4.57. The average molecular weight is 298 g/mol. The SMILES string of the molecule is CNc1cc(C(=O)NCCC2CCCCO2)cc(Cl)n1. The van der Waals surface area contributed by atoms with Crippen LogP contribution in [0.4, 0.5) is 5.82 Å². The third kappa shape index (κ3) is 4.35. The first-order chi connectivity index (χ1) is 9.69. The highest BCUT2D eigenvalue weighted by atomic mass is 35.5. The molecule has 2 N–H and O–H groups in total. The second-order valence-corrected chi connectivity index (χ2v) is 5.23. The van der Waals surface area contributed by atoms with Gasteiger partial charge in [-0.3, -0.25) is 4.79 Å². The molecule has 1 fully saturated rings. The predicted molar refractivity (Wildman–Crippen MR) is 79.3 cm³/mol. The van der Waals surface area contributed by atoms with E-state index in [4.69, 9.17) is 16.3 Å². The molecule has 1 aromatic rings. The number of ether oxygens (including phenoxy) is 1. The maximum atomic E-state index is 12.0. The van der Waals surface area contributed by atoms with Gasteiger partial charge < -0.3 is 15.4 Å². The third-order valence-corrected chi connectivity index (χ3v) is 3.53. The molecule has 0 spiro atoms. The molecule has 2 heterocycles. The summed E-state index contributed by atoms with van der Waals surface area (Å²) in [6.45, 7) is 1.45. The van der Waals surface area contributed by atoms with Gasteiger partial charge in [0.25, 0.3) is 5.91 Å². The fraction of sp³-hybridized carbons (Fsp3) is 0.571. The number of halogens is 1. The number of nitrogens with one attached hydrogen (secondary N) is 2. The Labute approximate surface area is 124 Å². The first kappa shape index (κ1) is 15.1. The molecule has 20 heavy (non-hydrogen) atoms. The van der Waals surface area contributed by atoms with Crippen molar-refractivity contribution < 1.29 is 9.53 Å². The lowest BCUT2D eigenvalue weighted by molar-refractivity contribution is 0.0117. The van der Waals surface area contributed by atoms with Gasteiger partial charge in [0.15, 0.2) is 0 Å². The first-order valence-electron chi connectivity index (χ1n) is 6.94. The van der Waals surface area contributed by atoms with E-state index in [1.54, 1.807) is 19.2 Å². The molecule has 5 nitrogen and oxygen atoms in total. The molecule has 6 heteroatoms. The normalized spacial score (nSPS) is 18.6. The second-order valence-electron chi connectivity index (χ2n) is 4.85. The highest BCUT2D eigenvalue weighted by Gasteiger charge is 2.14. The van der Waals surface area contributed by atoms with Gasteiger partial charge in [-0.2, -0.15) is 0 Å². The Morgan fingerprint density at radius 1 is 1.50 bits per heavy atom. The summed E-state index contributed by atoms with van der Waals surface area (Å²) in [4.78, 5) is 16.1. The zero-order valence-electron chi connectivity index (χ0n) is 11.6. The maximum absolute atomic E-state index is 12.0. The van der Waals surface area contributed by atoms with Gasteiger partial charge in [0.1, 0.15) is 11.0 Å². The van der Waals surface area contributed by atoms with E-state index in [0.717, 1.165) is 25.9 Å². The number of amides is 1. The molecule has 1 atom stereocenters. The first-order valence-corrected chi connectivity index (χ1v) is 7.32. The number of nitrogens with zero attached hydrogens (tertiary/aromatic N) is 1. The van der Waals surface area contributed by atoms with Crippen molar-refractivity contribution in [2.45, 2.75) is 31.8 Å². The lowest BCUT2D eigenvalue weighted by Gasteiger charge is -2.22. The molecule has 0 aromatic carbocycles. The van der Waals surface area contributed by atoms with Crippen LogP contribution >= 0.6 is 11.6 Å². The maximum Gasteiger partial charge on any atom is 0.251 e. The lowest BCUT2D eigenvalue weighted by atomic mass is 10.1. The van der Waals surface area contributed by atoms with Gasteiger partial charge in [0.05, 0.1) is 6.10 Å². The molecule has 0 saturated carbocycles. The number of anilines is 1. The summed E-state index contributed by atoms with van der Waals surface area (Å²) in [7, 11) is 1.74. The van der Waals surface area contributed by atoms with E-state index >= 15 is 0 Å². The van der Waals surface area contributed by atoms with Gasteiger partial charge >= 0.3 is 0 Å². The fourth-order valence-electron chi connectivity index (χ4n) is 2.24. The zero-order chi connectivity index (χ0) is 14.4. The molecule has 0 radical (unpaired) electrons. The molecule has 1 aliphatic heterocycles. The van der Waals surface area contributed by atoms with Crippen LogP contribution in [0, 0.1) is 0 Å². The van der Waals surface area contributed by atoms with Gasteiger partial charge in [-0.15, -0.1) is 0 Å². The molecular weight excluding hydrogens is 278 g/mol. The molecule has 1 saturated heterocycles. The Bertz CT molecular complexity index is 462. The average Bonchev–Trinajstić information content (AvgIpc) is 2.47. The van der Waals surface area contributed by atoms with E-state index in [-0.39, 0.29) is 12.0 Å². The minimum atomic E-state index is -0.137. The van der Waals surface area contributed by atoms with Gasteiger partial charge in [0.2, 0.25) is 0 Å². The molecule has 1 aliphatic rings. The van der Waals surface area contributed by atoms with Gasteiger partial charge in [-0.25, -0.2) is 4.98 Å². The largest absolute Gasteiger partial charge is 0.378 e. The molecule has 2 rings (SSSR count). The van der Waals surface area contributed by atoms with Crippen LogP contribution < -0.4 is 10.6 Å². The van der Waals surface area contributed by atoms with Crippen molar-refractivity contribution in [3.63, 3.8) is 0 Å². The molecule has 110 valence electrons. The number of hydrogen-bond donors (Lipinski definition) is 2. The summed E-state index contributed by atoms with van der Waals surface area (Å²) in [5.74, 6) is 0.444. The van der Waals surface area contributed by atoms with Crippen molar-refractivity contribution >= 4 is 23.3 Å². The van der Waals surface area contributed by atoms with Crippen molar-refractivity contribution in [3.8, 4) is 0 Å². The van der Waals surface area contributed by atoms with E-state index in [9.17, 15) is 4.79 Å². The van der Waals surface area contributed by atoms with Gasteiger partial charge in [-0.05, 0) is 37.8 Å². The van der Waals surface area contributed by atoms with Crippen molar-refractivity contribution in [2.24, 2.45) is 0 Å². The second kappa shape index (κ2) is 7.45. The Balaban J connectivity index is 1.83. The number of aromatic nitrogens is 1. The van der Waals surface area contributed by atoms with Gasteiger partial charge in [-0.1, -0.05) is 11.6 Å². The number of carbonyl (C=O) groups is 1. The van der Waals surface area contributed by atoms with E-state index in [2.05, 4.69) is 15.6 Å². The van der Waals surface area contributed by atoms with Crippen LogP contribution in [-0.2, 0) is 4.74 Å². The summed E-state index contributed by atoms with van der Waals surface area (Å²) in [5, 5.41) is 6.07. The Morgan fingerprint density at radius 2 is 2.35 bits per heavy atom. The van der Waals surface area contributed by atoms with Crippen LogP contribution in [0.1, 0.15) is 36.0 Å². The Morgan fingerprint density at radius 3 is 3.05 bits per heavy atom. The van der Waals surface area contributed by atoms with E-state index in [1.807, 2.05) is 0 Å². The smallest absolute Gasteiger partial charge is 0.251 e. The molecule has 1 aromatic heterocycles. The monoisotopic (exact) mass is 297 g/mol. The van der Waals surface area contributed by atoms with Crippen LogP contribution in [0.2, 0.25) is 5.15 Å². The summed E-state index contributed by atoms with van der Waals surface area (Å²) in [6, 6.07) is 3.24. The van der Waals surface area contributed by atoms with E-state index in [0.29, 0.717) is 23.1 Å². The molecule has 0 bridgehead atoms.